The summed E-state index contributed by atoms with van der Waals surface area (Å²) in [5.41, 5.74) is 8.28. The number of alkyl halides is 1. The van der Waals surface area contributed by atoms with E-state index in [1.54, 1.807) is 42.6 Å². The van der Waals surface area contributed by atoms with Gasteiger partial charge in [0.25, 0.3) is 5.90 Å². The lowest BCUT2D eigenvalue weighted by molar-refractivity contribution is 0.178. The summed E-state index contributed by atoms with van der Waals surface area (Å²) in [6, 6.07) is 10.4. The normalized spacial score (nSPS) is 11.4. The van der Waals surface area contributed by atoms with Crippen molar-refractivity contribution in [3.8, 4) is 5.69 Å². The van der Waals surface area contributed by atoms with E-state index in [4.69, 9.17) is 15.3 Å². The Morgan fingerprint density at radius 3 is 2.79 bits per heavy atom. The molecule has 3 aromatic rings. The fraction of sp³-hybridized carbons (Fsp3) is 0.211. The highest BCUT2D eigenvalue weighted by molar-refractivity contribution is 5.93. The molecule has 3 rings (SSSR count). The lowest BCUT2D eigenvalue weighted by Gasteiger charge is -2.10. The topological polar surface area (TPSA) is 113 Å². The molecule has 0 unspecified atom stereocenters. The highest BCUT2D eigenvalue weighted by Gasteiger charge is 2.22. The molecule has 0 saturated carbocycles. The van der Waals surface area contributed by atoms with Crippen molar-refractivity contribution in [2.24, 2.45) is 10.1 Å². The number of anilines is 1. The van der Waals surface area contributed by atoms with E-state index >= 15 is 0 Å². The number of aliphatic imine (C=N–C) groups is 1. The van der Waals surface area contributed by atoms with E-state index < -0.39 is 6.67 Å². The Balaban J connectivity index is 2.02. The molecule has 2 heterocycles. The van der Waals surface area contributed by atoms with Gasteiger partial charge in [-0.15, -0.1) is 5.10 Å². The van der Waals surface area contributed by atoms with Crippen molar-refractivity contribution in [3.63, 3.8) is 0 Å². The Bertz CT molecular complexity index is 1000. The second kappa shape index (κ2) is 9.51. The maximum atomic E-state index is 13.4. The van der Waals surface area contributed by atoms with Gasteiger partial charge in [0.05, 0.1) is 18.8 Å². The van der Waals surface area contributed by atoms with Gasteiger partial charge in [-0.3, -0.25) is 0 Å². The van der Waals surface area contributed by atoms with Crippen molar-refractivity contribution >= 4 is 18.4 Å². The Hall–Kier alpha value is -3.66. The van der Waals surface area contributed by atoms with Crippen LogP contribution < -0.4 is 5.73 Å². The molecule has 0 radical (unpaired) electrons. The van der Waals surface area contributed by atoms with Gasteiger partial charge in [-0.2, -0.15) is 0 Å². The van der Waals surface area contributed by atoms with Crippen molar-refractivity contribution in [2.45, 2.75) is 19.8 Å². The summed E-state index contributed by atoms with van der Waals surface area (Å²) in [4.78, 5) is 13.7. The molecule has 0 aliphatic rings. The van der Waals surface area contributed by atoms with E-state index in [2.05, 4.69) is 32.2 Å². The summed E-state index contributed by atoms with van der Waals surface area (Å²) in [6.45, 7) is 3.09. The fourth-order valence-corrected chi connectivity index (χ4v) is 2.66. The van der Waals surface area contributed by atoms with Gasteiger partial charge < -0.3 is 15.3 Å². The third-order valence-electron chi connectivity index (χ3n) is 4.01. The van der Waals surface area contributed by atoms with Crippen LogP contribution >= 0.6 is 0 Å². The first kappa shape index (κ1) is 20.1. The molecule has 1 aromatic carbocycles. The third kappa shape index (κ3) is 4.61. The molecule has 2 N–H and O–H groups in total. The minimum Gasteiger partial charge on any atom is -0.384 e. The van der Waals surface area contributed by atoms with Gasteiger partial charge in [-0.25, -0.2) is 19.0 Å². The number of hydrogen-bond acceptors (Lipinski definition) is 8. The highest BCUT2D eigenvalue weighted by atomic mass is 19.1. The number of ether oxygens (including phenoxy) is 1. The smallest absolute Gasteiger partial charge is 0.274 e. The quantitative estimate of drug-likeness (QED) is 0.355. The molecule has 0 saturated heterocycles. The van der Waals surface area contributed by atoms with E-state index in [1.165, 1.54) is 11.8 Å². The largest absolute Gasteiger partial charge is 0.384 e. The predicted octanol–water partition coefficient (Wildman–Crippen LogP) is 2.44. The summed E-state index contributed by atoms with van der Waals surface area (Å²) in [7, 11) is 1.53. The van der Waals surface area contributed by atoms with Crippen LogP contribution in [-0.4, -0.2) is 39.7 Å². The Kier molecular flexibility index (Phi) is 6.59. The van der Waals surface area contributed by atoms with E-state index in [-0.39, 0.29) is 19.0 Å². The number of hydrogen-bond donors (Lipinski definition) is 1. The molecule has 0 fully saturated rings. The van der Waals surface area contributed by atoms with Crippen LogP contribution in [0.25, 0.3) is 5.69 Å². The first-order valence-corrected chi connectivity index (χ1v) is 8.64. The van der Waals surface area contributed by atoms with Gasteiger partial charge in [0.15, 0.2) is 5.69 Å². The molecule has 2 aromatic heterocycles. The zero-order valence-corrected chi connectivity index (χ0v) is 15.8. The molecule has 10 heteroatoms. The van der Waals surface area contributed by atoms with E-state index in [1.807, 2.05) is 0 Å². The van der Waals surface area contributed by atoms with Crippen LogP contribution in [0.15, 0.2) is 52.7 Å². The first-order valence-electron chi connectivity index (χ1n) is 8.64. The van der Waals surface area contributed by atoms with Crippen LogP contribution in [0.1, 0.15) is 22.5 Å². The van der Waals surface area contributed by atoms with E-state index in [0.717, 1.165) is 5.56 Å². The number of pyridine rings is 1. The summed E-state index contributed by atoms with van der Waals surface area (Å²) in [6.07, 6.45) is 1.61. The molecule has 0 aliphatic carbocycles. The first-order chi connectivity index (χ1) is 14.2. The van der Waals surface area contributed by atoms with Gasteiger partial charge in [0.1, 0.15) is 18.2 Å². The molecule has 150 valence electrons. The predicted molar refractivity (Wildman–Crippen MR) is 106 cm³/mol. The number of para-hydroxylation sites is 1. The summed E-state index contributed by atoms with van der Waals surface area (Å²) < 4.78 is 20.2. The third-order valence-corrected chi connectivity index (χ3v) is 4.01. The molecule has 29 heavy (non-hydrogen) atoms. The van der Waals surface area contributed by atoms with Gasteiger partial charge in [0, 0.05) is 25.6 Å². The van der Waals surface area contributed by atoms with Crippen molar-refractivity contribution in [1.29, 1.82) is 0 Å². The van der Waals surface area contributed by atoms with Crippen molar-refractivity contribution in [3.05, 3.63) is 65.1 Å². The number of oxime groups is 1. The number of nitrogen functional groups attached to an aromatic ring is 1. The zero-order chi connectivity index (χ0) is 20.6. The summed E-state index contributed by atoms with van der Waals surface area (Å²) in [5.74, 6) is 0.520. The van der Waals surface area contributed by atoms with Crippen LogP contribution in [0.2, 0.25) is 0 Å². The average Bonchev–Trinajstić information content (AvgIpc) is 3.16. The minimum absolute atomic E-state index is 0.104. The van der Waals surface area contributed by atoms with Crippen LogP contribution in [0, 0.1) is 0 Å². The number of nitrogens with zero attached hydrogens (tertiary/aromatic N) is 6. The molecular formula is C19H20FN7O2. The minimum atomic E-state index is -0.645. The molecular weight excluding hydrogens is 377 g/mol. The van der Waals surface area contributed by atoms with Gasteiger partial charge in [-0.05, 0) is 17.7 Å². The van der Waals surface area contributed by atoms with Gasteiger partial charge in [-0.1, -0.05) is 34.6 Å². The lowest BCUT2D eigenvalue weighted by atomic mass is 10.2. The monoisotopic (exact) mass is 397 g/mol. The lowest BCUT2D eigenvalue weighted by Crippen LogP contribution is -2.11. The van der Waals surface area contributed by atoms with Crippen molar-refractivity contribution in [1.82, 2.24) is 20.0 Å². The van der Waals surface area contributed by atoms with Gasteiger partial charge in [0.2, 0.25) is 0 Å². The number of rotatable bonds is 8. The Morgan fingerprint density at radius 1 is 1.28 bits per heavy atom. The molecule has 0 amide bonds. The number of halogens is 1. The van der Waals surface area contributed by atoms with E-state index in [0.29, 0.717) is 28.5 Å². The molecule has 9 nitrogen and oxygen atoms in total. The van der Waals surface area contributed by atoms with Gasteiger partial charge >= 0.3 is 0 Å². The molecule has 0 bridgehead atoms. The Morgan fingerprint density at radius 2 is 2.10 bits per heavy atom. The molecule has 0 spiro atoms. The van der Waals surface area contributed by atoms with Crippen LogP contribution in [-0.2, 0) is 29.4 Å². The zero-order valence-electron chi connectivity index (χ0n) is 15.8. The van der Waals surface area contributed by atoms with Crippen LogP contribution in [0.3, 0.4) is 0 Å². The highest BCUT2D eigenvalue weighted by Crippen LogP contribution is 2.20. The second-order valence-electron chi connectivity index (χ2n) is 5.92. The van der Waals surface area contributed by atoms with E-state index in [9.17, 15) is 4.39 Å². The summed E-state index contributed by atoms with van der Waals surface area (Å²) >= 11 is 0. The van der Waals surface area contributed by atoms with Crippen LogP contribution in [0.4, 0.5) is 10.2 Å². The molecule has 0 atom stereocenters. The maximum Gasteiger partial charge on any atom is 0.274 e. The number of aromatic nitrogens is 4. The fourth-order valence-electron chi connectivity index (χ4n) is 2.66. The summed E-state index contributed by atoms with van der Waals surface area (Å²) in [5, 5.41) is 11.8. The average molecular weight is 397 g/mol. The van der Waals surface area contributed by atoms with Crippen molar-refractivity contribution < 1.29 is 14.0 Å². The number of nitrogens with two attached hydrogens (primary N) is 1. The number of benzene rings is 1. The van der Waals surface area contributed by atoms with Crippen LogP contribution in [0.5, 0.6) is 0 Å². The standard InChI is InChI=1S/C19H20FN7O2/c1-22-29-19(24-11-13-7-8-17(21)23-10-13)18-16(12-28-2)27(26-25-18)15-6-4-3-5-14(15)9-20/h3-8,10H,1,9,11-12H2,2H3,(H2,21,23)/b24-19-. The maximum absolute atomic E-state index is 13.4. The second-order valence-corrected chi connectivity index (χ2v) is 5.92. The Labute approximate surface area is 166 Å². The SMILES string of the molecule is C=NO/C(=N\Cc1ccc(N)nc1)c1nnn(-c2ccccc2CF)c1COC. The molecule has 0 aliphatic heterocycles. The number of methoxy groups -OCH3 is 1. The van der Waals surface area contributed by atoms with Crippen molar-refractivity contribution in [2.75, 3.05) is 12.8 Å².